The van der Waals surface area contributed by atoms with Crippen molar-refractivity contribution >= 4 is 6.03 Å². The Morgan fingerprint density at radius 2 is 2.31 bits per heavy atom. The second-order valence-corrected chi connectivity index (χ2v) is 2.79. The molecule has 3 N–H and O–H groups in total. The number of primary amides is 1. The summed E-state index contributed by atoms with van der Waals surface area (Å²) in [5, 5.41) is 2.46. The number of hydrogen-bond donors (Lipinski definition) is 2. The summed E-state index contributed by atoms with van der Waals surface area (Å²) in [6.45, 7) is 1.74. The van der Waals surface area contributed by atoms with Crippen molar-refractivity contribution in [3.63, 3.8) is 0 Å². The molecule has 0 aromatic heterocycles. The highest BCUT2D eigenvalue weighted by atomic mass is 19.1. The molecule has 1 aromatic rings. The van der Waals surface area contributed by atoms with Crippen LogP contribution in [0.4, 0.5) is 9.18 Å². The number of benzene rings is 1. The van der Waals surface area contributed by atoms with Gasteiger partial charge in [0.15, 0.2) is 0 Å². The van der Waals surface area contributed by atoms with Gasteiger partial charge >= 0.3 is 6.03 Å². The molecule has 2 amide bonds. The summed E-state index contributed by atoms with van der Waals surface area (Å²) in [5.41, 5.74) is 5.62. The second kappa shape index (κ2) is 3.89. The number of carbonyl (C=O) groups is 1. The van der Waals surface area contributed by atoms with Crippen LogP contribution in [-0.4, -0.2) is 6.03 Å². The largest absolute Gasteiger partial charge is 0.352 e. The SMILES string of the molecule is CC(NC(N)=O)c1cccc(F)c1. The van der Waals surface area contributed by atoms with E-state index in [0.29, 0.717) is 5.56 Å². The highest BCUT2D eigenvalue weighted by molar-refractivity contribution is 5.72. The summed E-state index contributed by atoms with van der Waals surface area (Å²) < 4.78 is 12.7. The van der Waals surface area contributed by atoms with E-state index in [4.69, 9.17) is 5.73 Å². The number of rotatable bonds is 2. The zero-order valence-electron chi connectivity index (χ0n) is 7.25. The summed E-state index contributed by atoms with van der Waals surface area (Å²) in [6, 6.07) is 5.14. The molecule has 0 saturated carbocycles. The first-order valence-corrected chi connectivity index (χ1v) is 3.91. The van der Waals surface area contributed by atoms with Crippen LogP contribution in [0.3, 0.4) is 0 Å². The minimum atomic E-state index is -0.614. The molecule has 3 nitrogen and oxygen atoms in total. The fourth-order valence-corrected chi connectivity index (χ4v) is 1.07. The molecule has 0 saturated heterocycles. The van der Waals surface area contributed by atoms with E-state index in [1.54, 1.807) is 19.1 Å². The molecule has 1 unspecified atom stereocenters. The monoisotopic (exact) mass is 182 g/mol. The maximum Gasteiger partial charge on any atom is 0.312 e. The van der Waals surface area contributed by atoms with Crippen molar-refractivity contribution in [2.45, 2.75) is 13.0 Å². The Balaban J connectivity index is 2.76. The predicted octanol–water partition coefficient (Wildman–Crippen LogP) is 1.56. The van der Waals surface area contributed by atoms with Crippen molar-refractivity contribution in [3.05, 3.63) is 35.6 Å². The Kier molecular flexibility index (Phi) is 2.84. The van der Waals surface area contributed by atoms with Crippen molar-refractivity contribution in [1.82, 2.24) is 5.32 Å². The highest BCUT2D eigenvalue weighted by Crippen LogP contribution is 2.12. The molecule has 1 aromatic carbocycles. The molecule has 4 heteroatoms. The third-order valence-electron chi connectivity index (χ3n) is 1.71. The van der Waals surface area contributed by atoms with E-state index in [2.05, 4.69) is 5.32 Å². The van der Waals surface area contributed by atoms with Crippen molar-refractivity contribution in [3.8, 4) is 0 Å². The van der Waals surface area contributed by atoms with Crippen molar-refractivity contribution in [2.24, 2.45) is 5.73 Å². The summed E-state index contributed by atoms with van der Waals surface area (Å²) in [5.74, 6) is -0.323. The lowest BCUT2D eigenvalue weighted by Gasteiger charge is -2.11. The van der Waals surface area contributed by atoms with Gasteiger partial charge in [-0.15, -0.1) is 0 Å². The van der Waals surface area contributed by atoms with Gasteiger partial charge in [-0.05, 0) is 24.6 Å². The molecule has 0 heterocycles. The van der Waals surface area contributed by atoms with Gasteiger partial charge in [0.2, 0.25) is 0 Å². The maximum atomic E-state index is 12.7. The number of hydrogen-bond acceptors (Lipinski definition) is 1. The minimum absolute atomic E-state index is 0.270. The normalized spacial score (nSPS) is 12.2. The lowest BCUT2D eigenvalue weighted by molar-refractivity contribution is 0.246. The topological polar surface area (TPSA) is 55.1 Å². The van der Waals surface area contributed by atoms with E-state index in [0.717, 1.165) is 0 Å². The molecule has 70 valence electrons. The average Bonchev–Trinajstić information content (AvgIpc) is 2.03. The fraction of sp³-hybridized carbons (Fsp3) is 0.222. The average molecular weight is 182 g/mol. The molecular weight excluding hydrogens is 171 g/mol. The van der Waals surface area contributed by atoms with Crippen molar-refractivity contribution in [1.29, 1.82) is 0 Å². The molecule has 0 bridgehead atoms. The minimum Gasteiger partial charge on any atom is -0.352 e. The highest BCUT2D eigenvalue weighted by Gasteiger charge is 2.06. The Hall–Kier alpha value is -1.58. The van der Waals surface area contributed by atoms with E-state index in [9.17, 15) is 9.18 Å². The number of carbonyl (C=O) groups excluding carboxylic acids is 1. The Morgan fingerprint density at radius 3 is 2.85 bits per heavy atom. The first kappa shape index (κ1) is 9.51. The summed E-state index contributed by atoms with van der Waals surface area (Å²) in [4.78, 5) is 10.5. The van der Waals surface area contributed by atoms with Crippen LogP contribution >= 0.6 is 0 Å². The van der Waals surface area contributed by atoms with Crippen LogP contribution in [0.25, 0.3) is 0 Å². The molecule has 1 atom stereocenters. The second-order valence-electron chi connectivity index (χ2n) is 2.79. The number of urea groups is 1. The molecule has 0 fully saturated rings. The van der Waals surface area contributed by atoms with Crippen LogP contribution < -0.4 is 11.1 Å². The number of nitrogens with two attached hydrogens (primary N) is 1. The molecule has 13 heavy (non-hydrogen) atoms. The maximum absolute atomic E-state index is 12.7. The van der Waals surface area contributed by atoms with Gasteiger partial charge < -0.3 is 11.1 Å². The quantitative estimate of drug-likeness (QED) is 0.716. The Bertz CT molecular complexity index is 314. The van der Waals surface area contributed by atoms with Gasteiger partial charge in [0.25, 0.3) is 0 Å². The third-order valence-corrected chi connectivity index (χ3v) is 1.71. The van der Waals surface area contributed by atoms with E-state index >= 15 is 0 Å². The van der Waals surface area contributed by atoms with E-state index in [-0.39, 0.29) is 11.9 Å². The number of halogens is 1. The van der Waals surface area contributed by atoms with Crippen LogP contribution in [0, 0.1) is 5.82 Å². The van der Waals surface area contributed by atoms with Gasteiger partial charge in [-0.1, -0.05) is 12.1 Å². The van der Waals surface area contributed by atoms with Gasteiger partial charge in [0.05, 0.1) is 6.04 Å². The van der Waals surface area contributed by atoms with Crippen molar-refractivity contribution in [2.75, 3.05) is 0 Å². The zero-order valence-corrected chi connectivity index (χ0v) is 7.25. The lowest BCUT2D eigenvalue weighted by Crippen LogP contribution is -2.31. The van der Waals surface area contributed by atoms with Crippen LogP contribution in [0.1, 0.15) is 18.5 Å². The van der Waals surface area contributed by atoms with E-state index in [1.165, 1.54) is 12.1 Å². The summed E-state index contributed by atoms with van der Waals surface area (Å²) in [6.07, 6.45) is 0. The molecule has 0 aliphatic heterocycles. The summed E-state index contributed by atoms with van der Waals surface area (Å²) in [7, 11) is 0. The molecule has 0 spiro atoms. The van der Waals surface area contributed by atoms with Gasteiger partial charge in [-0.2, -0.15) is 0 Å². The first-order chi connectivity index (χ1) is 6.09. The fourth-order valence-electron chi connectivity index (χ4n) is 1.07. The molecule has 0 aliphatic rings. The first-order valence-electron chi connectivity index (χ1n) is 3.91. The van der Waals surface area contributed by atoms with Crippen LogP contribution in [0.15, 0.2) is 24.3 Å². The van der Waals surface area contributed by atoms with Gasteiger partial charge in [0.1, 0.15) is 5.82 Å². The molecule has 0 radical (unpaired) electrons. The standard InChI is InChI=1S/C9H11FN2O/c1-6(12-9(11)13)7-3-2-4-8(10)5-7/h2-6H,1H3,(H3,11,12,13). The Labute approximate surface area is 75.7 Å². The van der Waals surface area contributed by atoms with Gasteiger partial charge in [0, 0.05) is 0 Å². The van der Waals surface area contributed by atoms with Crippen LogP contribution in [0.5, 0.6) is 0 Å². The Morgan fingerprint density at radius 1 is 1.62 bits per heavy atom. The van der Waals surface area contributed by atoms with E-state index < -0.39 is 6.03 Å². The zero-order chi connectivity index (χ0) is 9.84. The summed E-state index contributed by atoms with van der Waals surface area (Å²) >= 11 is 0. The predicted molar refractivity (Wildman–Crippen MR) is 47.5 cm³/mol. The molecule has 1 rings (SSSR count). The van der Waals surface area contributed by atoms with E-state index in [1.807, 2.05) is 0 Å². The van der Waals surface area contributed by atoms with Crippen molar-refractivity contribution < 1.29 is 9.18 Å². The number of nitrogens with one attached hydrogen (secondary N) is 1. The van der Waals surface area contributed by atoms with Gasteiger partial charge in [-0.25, -0.2) is 9.18 Å². The van der Waals surface area contributed by atoms with Crippen LogP contribution in [0.2, 0.25) is 0 Å². The third kappa shape index (κ3) is 2.74. The molecular formula is C9H11FN2O. The smallest absolute Gasteiger partial charge is 0.312 e. The lowest BCUT2D eigenvalue weighted by atomic mass is 10.1. The number of amides is 2. The molecule has 0 aliphatic carbocycles. The van der Waals surface area contributed by atoms with Crippen LogP contribution in [-0.2, 0) is 0 Å². The van der Waals surface area contributed by atoms with Gasteiger partial charge in [-0.3, -0.25) is 0 Å².